The molecule has 5 heteroatoms. The summed E-state index contributed by atoms with van der Waals surface area (Å²) in [4.78, 5) is 4.11. The summed E-state index contributed by atoms with van der Waals surface area (Å²) in [5.41, 5.74) is 1.80. The molecule has 0 amide bonds. The van der Waals surface area contributed by atoms with E-state index in [-0.39, 0.29) is 5.54 Å². The first-order valence-electron chi connectivity index (χ1n) is 5.91. The molecule has 0 aliphatic carbocycles. The molecular weight excluding hydrogens is 250 g/mol. The lowest BCUT2D eigenvalue weighted by Crippen LogP contribution is -2.60. The van der Waals surface area contributed by atoms with Crippen molar-refractivity contribution in [2.45, 2.75) is 39.1 Å². The van der Waals surface area contributed by atoms with E-state index < -0.39 is 5.85 Å². The molecule has 0 saturated carbocycles. The minimum absolute atomic E-state index is 0.241. The van der Waals surface area contributed by atoms with Gasteiger partial charge in [0.25, 0.3) is 0 Å². The molecule has 1 heterocycles. The van der Waals surface area contributed by atoms with E-state index in [4.69, 9.17) is 16.3 Å². The van der Waals surface area contributed by atoms with Crippen LogP contribution in [0.1, 0.15) is 26.3 Å². The Balaban J connectivity index is 2.86. The third kappa shape index (κ3) is 4.12. The molecule has 4 nitrogen and oxygen atoms in total. The Morgan fingerprint density at radius 3 is 2.56 bits per heavy atom. The summed E-state index contributed by atoms with van der Waals surface area (Å²) in [6.45, 7) is 7.99. The second kappa shape index (κ2) is 5.87. The van der Waals surface area contributed by atoms with Gasteiger partial charge in [0, 0.05) is 24.7 Å². The quantitative estimate of drug-likeness (QED) is 0.617. The van der Waals surface area contributed by atoms with E-state index in [1.165, 1.54) is 0 Å². The Kier molecular flexibility index (Phi) is 4.96. The number of hydrogen-bond donors (Lipinski definition) is 2. The molecule has 1 aromatic rings. The highest BCUT2D eigenvalue weighted by molar-refractivity contribution is 6.18. The van der Waals surface area contributed by atoms with Crippen LogP contribution < -0.4 is 10.6 Å². The minimum atomic E-state index is -0.702. The summed E-state index contributed by atoms with van der Waals surface area (Å²) < 4.78 is 5.53. The van der Waals surface area contributed by atoms with Crippen molar-refractivity contribution in [3.05, 3.63) is 24.0 Å². The average molecular weight is 272 g/mol. The van der Waals surface area contributed by atoms with Crippen LogP contribution in [0.4, 0.5) is 5.69 Å². The Labute approximate surface area is 114 Å². The maximum absolute atomic E-state index is 5.93. The zero-order valence-corrected chi connectivity index (χ0v) is 12.4. The lowest BCUT2D eigenvalue weighted by molar-refractivity contribution is -0.0174. The first kappa shape index (κ1) is 15.2. The van der Waals surface area contributed by atoms with E-state index >= 15 is 0 Å². The van der Waals surface area contributed by atoms with E-state index in [9.17, 15) is 0 Å². The van der Waals surface area contributed by atoms with Crippen molar-refractivity contribution in [1.82, 2.24) is 10.3 Å². The SMILES string of the molecule is COC(C)(Nc1cnccc1C)NC(C)(C)CCl. The Morgan fingerprint density at radius 1 is 1.39 bits per heavy atom. The molecule has 2 N–H and O–H groups in total. The van der Waals surface area contributed by atoms with Crippen molar-refractivity contribution in [2.24, 2.45) is 0 Å². The number of nitrogens with one attached hydrogen (secondary N) is 2. The van der Waals surface area contributed by atoms with Gasteiger partial charge in [-0.3, -0.25) is 10.3 Å². The highest BCUT2D eigenvalue weighted by atomic mass is 35.5. The molecule has 1 atom stereocenters. The molecule has 18 heavy (non-hydrogen) atoms. The topological polar surface area (TPSA) is 46.2 Å². The summed E-state index contributed by atoms with van der Waals surface area (Å²) in [5.74, 6) is -0.216. The molecule has 0 spiro atoms. The smallest absolute Gasteiger partial charge is 0.192 e. The number of aryl methyl sites for hydroxylation is 1. The molecule has 0 aliphatic heterocycles. The Bertz CT molecular complexity index is 398. The van der Waals surface area contributed by atoms with Gasteiger partial charge in [-0.25, -0.2) is 0 Å². The monoisotopic (exact) mass is 271 g/mol. The van der Waals surface area contributed by atoms with Crippen LogP contribution in [0.2, 0.25) is 0 Å². The molecule has 0 bridgehead atoms. The van der Waals surface area contributed by atoms with Crippen molar-refractivity contribution in [1.29, 1.82) is 0 Å². The number of anilines is 1. The minimum Gasteiger partial charge on any atom is -0.346 e. The van der Waals surface area contributed by atoms with Gasteiger partial charge in [0.15, 0.2) is 5.85 Å². The third-order valence-corrected chi connectivity index (χ3v) is 3.40. The highest BCUT2D eigenvalue weighted by Gasteiger charge is 2.31. The molecule has 0 radical (unpaired) electrons. The molecule has 102 valence electrons. The molecule has 0 fully saturated rings. The number of pyridine rings is 1. The molecule has 1 aromatic heterocycles. The van der Waals surface area contributed by atoms with Crippen molar-refractivity contribution >= 4 is 17.3 Å². The number of halogens is 1. The summed E-state index contributed by atoms with van der Waals surface area (Å²) in [6.07, 6.45) is 3.54. The van der Waals surface area contributed by atoms with Gasteiger partial charge in [0.2, 0.25) is 0 Å². The van der Waals surface area contributed by atoms with Gasteiger partial charge in [0.05, 0.1) is 11.9 Å². The van der Waals surface area contributed by atoms with E-state index in [1.54, 1.807) is 19.5 Å². The maximum atomic E-state index is 5.93. The number of rotatable bonds is 6. The predicted octanol–water partition coefficient (Wildman–Crippen LogP) is 2.73. The normalized spacial score (nSPS) is 15.2. The lowest BCUT2D eigenvalue weighted by Gasteiger charge is -2.38. The number of hydrogen-bond acceptors (Lipinski definition) is 4. The van der Waals surface area contributed by atoms with Gasteiger partial charge in [0.1, 0.15) is 0 Å². The Hall–Kier alpha value is -0.840. The number of ether oxygens (including phenoxy) is 1. The molecular formula is C13H22ClN3O. The molecule has 1 unspecified atom stereocenters. The first-order chi connectivity index (χ1) is 8.32. The van der Waals surface area contributed by atoms with Gasteiger partial charge in [-0.2, -0.15) is 0 Å². The largest absolute Gasteiger partial charge is 0.346 e. The van der Waals surface area contributed by atoms with Crippen LogP contribution in [0, 0.1) is 6.92 Å². The number of alkyl halides is 1. The summed E-state index contributed by atoms with van der Waals surface area (Å²) in [5, 5.41) is 6.66. The molecule has 0 aromatic carbocycles. The Morgan fingerprint density at radius 2 is 2.06 bits per heavy atom. The first-order valence-corrected chi connectivity index (χ1v) is 6.44. The summed E-state index contributed by atoms with van der Waals surface area (Å²) in [6, 6.07) is 1.95. The fourth-order valence-corrected chi connectivity index (χ4v) is 1.73. The second-order valence-electron chi connectivity index (χ2n) is 5.20. The number of aromatic nitrogens is 1. The zero-order chi connectivity index (χ0) is 13.8. The lowest BCUT2D eigenvalue weighted by atomic mass is 10.1. The molecule has 0 saturated heterocycles. The summed E-state index contributed by atoms with van der Waals surface area (Å²) >= 11 is 5.93. The zero-order valence-electron chi connectivity index (χ0n) is 11.7. The standard InChI is InChI=1S/C13H22ClN3O/c1-10-6-7-15-8-11(10)16-13(4,18-5)17-12(2,3)9-14/h6-8,16-17H,9H2,1-5H3. The van der Waals surface area contributed by atoms with Crippen LogP contribution in [0.25, 0.3) is 0 Å². The fourth-order valence-electron chi connectivity index (χ4n) is 1.66. The predicted molar refractivity (Wildman–Crippen MR) is 75.9 cm³/mol. The van der Waals surface area contributed by atoms with Crippen molar-refractivity contribution in [3.63, 3.8) is 0 Å². The third-order valence-electron chi connectivity index (χ3n) is 2.73. The van der Waals surface area contributed by atoms with Crippen LogP contribution in [0.3, 0.4) is 0 Å². The second-order valence-corrected chi connectivity index (χ2v) is 5.46. The van der Waals surface area contributed by atoms with Crippen LogP contribution in [-0.4, -0.2) is 29.4 Å². The van der Waals surface area contributed by atoms with Gasteiger partial charge >= 0.3 is 0 Å². The van der Waals surface area contributed by atoms with E-state index in [0.29, 0.717) is 5.88 Å². The van der Waals surface area contributed by atoms with Gasteiger partial charge in [-0.15, -0.1) is 11.6 Å². The van der Waals surface area contributed by atoms with Gasteiger partial charge < -0.3 is 10.1 Å². The van der Waals surface area contributed by atoms with Crippen molar-refractivity contribution in [3.8, 4) is 0 Å². The van der Waals surface area contributed by atoms with Gasteiger partial charge in [-0.05, 0) is 39.3 Å². The van der Waals surface area contributed by atoms with E-state index in [2.05, 4.69) is 15.6 Å². The summed E-state index contributed by atoms with van der Waals surface area (Å²) in [7, 11) is 1.65. The molecule has 0 aliphatic rings. The van der Waals surface area contributed by atoms with Crippen LogP contribution in [-0.2, 0) is 4.74 Å². The van der Waals surface area contributed by atoms with Gasteiger partial charge in [-0.1, -0.05) is 0 Å². The molecule has 1 rings (SSSR count). The van der Waals surface area contributed by atoms with Crippen LogP contribution in [0.5, 0.6) is 0 Å². The maximum Gasteiger partial charge on any atom is 0.192 e. The van der Waals surface area contributed by atoms with Crippen molar-refractivity contribution in [2.75, 3.05) is 18.3 Å². The van der Waals surface area contributed by atoms with E-state index in [0.717, 1.165) is 11.3 Å². The van der Waals surface area contributed by atoms with Crippen molar-refractivity contribution < 1.29 is 4.74 Å². The number of nitrogens with zero attached hydrogens (tertiary/aromatic N) is 1. The number of methoxy groups -OCH3 is 1. The fraction of sp³-hybridized carbons (Fsp3) is 0.615. The average Bonchev–Trinajstić information content (AvgIpc) is 2.32. The van der Waals surface area contributed by atoms with E-state index in [1.807, 2.05) is 33.8 Å². The van der Waals surface area contributed by atoms with Crippen LogP contribution in [0.15, 0.2) is 18.5 Å². The van der Waals surface area contributed by atoms with Crippen LogP contribution >= 0.6 is 11.6 Å². The highest BCUT2D eigenvalue weighted by Crippen LogP contribution is 2.20.